The van der Waals surface area contributed by atoms with Gasteiger partial charge in [0.05, 0.1) is 30.0 Å². The Morgan fingerprint density at radius 1 is 0.939 bits per heavy atom. The Bertz CT molecular complexity index is 1200. The molecule has 2 aromatic carbocycles. The summed E-state index contributed by atoms with van der Waals surface area (Å²) >= 11 is 1.44. The number of pyridine rings is 1. The quantitative estimate of drug-likeness (QED) is 0.326. The SMILES string of the molecule is CCOc1ccc(OCC(=O)N(Cc2cccnc2)c2nc3ccc(OCC)cc3s2)cc1. The van der Waals surface area contributed by atoms with Crippen molar-refractivity contribution in [2.45, 2.75) is 20.4 Å². The Kier molecular flexibility index (Phi) is 7.36. The van der Waals surface area contributed by atoms with Gasteiger partial charge in [-0.25, -0.2) is 4.98 Å². The first-order valence-electron chi connectivity index (χ1n) is 10.7. The lowest BCUT2D eigenvalue weighted by atomic mass is 10.2. The molecular formula is C25H25N3O4S. The third-order valence-electron chi connectivity index (χ3n) is 4.75. The van der Waals surface area contributed by atoms with Crippen LogP contribution in [0.3, 0.4) is 0 Å². The van der Waals surface area contributed by atoms with Gasteiger partial charge in [-0.1, -0.05) is 17.4 Å². The molecule has 0 atom stereocenters. The van der Waals surface area contributed by atoms with Gasteiger partial charge >= 0.3 is 0 Å². The normalized spacial score (nSPS) is 10.7. The molecule has 0 aliphatic heterocycles. The summed E-state index contributed by atoms with van der Waals surface area (Å²) in [6.45, 7) is 5.29. The van der Waals surface area contributed by atoms with Crippen molar-refractivity contribution in [2.24, 2.45) is 0 Å². The van der Waals surface area contributed by atoms with Crippen LogP contribution in [0.2, 0.25) is 0 Å². The Morgan fingerprint density at radius 3 is 2.33 bits per heavy atom. The van der Waals surface area contributed by atoms with Gasteiger partial charge in [0.15, 0.2) is 11.7 Å². The zero-order valence-corrected chi connectivity index (χ0v) is 19.4. The number of anilines is 1. The average molecular weight is 464 g/mol. The molecular weight excluding hydrogens is 438 g/mol. The van der Waals surface area contributed by atoms with Gasteiger partial charge < -0.3 is 14.2 Å². The zero-order valence-electron chi connectivity index (χ0n) is 18.6. The number of fused-ring (bicyclic) bond motifs is 1. The predicted octanol–water partition coefficient (Wildman–Crippen LogP) is 5.10. The van der Waals surface area contributed by atoms with E-state index in [9.17, 15) is 4.79 Å². The molecule has 0 saturated carbocycles. The lowest BCUT2D eigenvalue weighted by Gasteiger charge is -2.20. The lowest BCUT2D eigenvalue weighted by molar-refractivity contribution is -0.120. The average Bonchev–Trinajstić information content (AvgIpc) is 3.26. The molecule has 0 aliphatic rings. The summed E-state index contributed by atoms with van der Waals surface area (Å²) in [4.78, 5) is 23.7. The van der Waals surface area contributed by atoms with Crippen molar-refractivity contribution in [1.29, 1.82) is 0 Å². The summed E-state index contributed by atoms with van der Waals surface area (Å²) in [6.07, 6.45) is 3.45. The van der Waals surface area contributed by atoms with Crippen LogP contribution < -0.4 is 19.1 Å². The van der Waals surface area contributed by atoms with E-state index < -0.39 is 0 Å². The maximum Gasteiger partial charge on any atom is 0.267 e. The Balaban J connectivity index is 1.55. The standard InChI is InChI=1S/C25H25N3O4S/c1-3-30-19-7-9-20(10-8-19)32-17-24(29)28(16-18-6-5-13-26-15-18)25-27-22-12-11-21(31-4-2)14-23(22)33-25/h5-15H,3-4,16-17H2,1-2H3. The molecule has 1 amide bonds. The molecule has 0 bridgehead atoms. The van der Waals surface area contributed by atoms with Crippen LogP contribution in [-0.2, 0) is 11.3 Å². The Morgan fingerprint density at radius 2 is 1.64 bits per heavy atom. The fourth-order valence-corrected chi connectivity index (χ4v) is 4.23. The van der Waals surface area contributed by atoms with Gasteiger partial charge in [-0.3, -0.25) is 14.7 Å². The van der Waals surface area contributed by atoms with Gasteiger partial charge in [-0.05, 0) is 67.9 Å². The number of carbonyl (C=O) groups excluding carboxylic acids is 1. The fourth-order valence-electron chi connectivity index (χ4n) is 3.22. The lowest BCUT2D eigenvalue weighted by Crippen LogP contribution is -2.34. The summed E-state index contributed by atoms with van der Waals surface area (Å²) in [6, 6.07) is 16.7. The highest BCUT2D eigenvalue weighted by molar-refractivity contribution is 7.22. The van der Waals surface area contributed by atoms with Crippen molar-refractivity contribution in [2.75, 3.05) is 24.7 Å². The van der Waals surface area contributed by atoms with Crippen LogP contribution in [0.25, 0.3) is 10.2 Å². The number of rotatable bonds is 10. The number of carbonyl (C=O) groups is 1. The topological polar surface area (TPSA) is 73.8 Å². The second-order valence-corrected chi connectivity index (χ2v) is 8.10. The van der Waals surface area contributed by atoms with Crippen molar-refractivity contribution < 1.29 is 19.0 Å². The third-order valence-corrected chi connectivity index (χ3v) is 5.79. The highest BCUT2D eigenvalue weighted by Gasteiger charge is 2.21. The van der Waals surface area contributed by atoms with E-state index in [1.54, 1.807) is 29.4 Å². The van der Waals surface area contributed by atoms with Crippen LogP contribution >= 0.6 is 11.3 Å². The molecule has 7 nitrogen and oxygen atoms in total. The fraction of sp³-hybridized carbons (Fsp3) is 0.240. The summed E-state index contributed by atoms with van der Waals surface area (Å²) < 4.78 is 17.8. The Hall–Kier alpha value is -3.65. The highest BCUT2D eigenvalue weighted by atomic mass is 32.1. The molecule has 170 valence electrons. The number of hydrogen-bond acceptors (Lipinski definition) is 7. The van der Waals surface area contributed by atoms with Crippen molar-refractivity contribution in [3.8, 4) is 17.2 Å². The molecule has 0 unspecified atom stereocenters. The number of hydrogen-bond donors (Lipinski definition) is 0. The summed E-state index contributed by atoms with van der Waals surface area (Å²) in [7, 11) is 0. The van der Waals surface area contributed by atoms with Gasteiger partial charge in [0.2, 0.25) is 0 Å². The minimum atomic E-state index is -0.197. The molecule has 0 saturated heterocycles. The predicted molar refractivity (Wildman–Crippen MR) is 129 cm³/mol. The van der Waals surface area contributed by atoms with E-state index in [1.165, 1.54) is 11.3 Å². The molecule has 0 N–H and O–H groups in total. The first-order valence-corrected chi connectivity index (χ1v) is 11.6. The van der Waals surface area contributed by atoms with Crippen molar-refractivity contribution in [1.82, 2.24) is 9.97 Å². The van der Waals surface area contributed by atoms with E-state index in [0.717, 1.165) is 27.3 Å². The summed E-state index contributed by atoms with van der Waals surface area (Å²) in [5, 5.41) is 0.600. The second-order valence-electron chi connectivity index (χ2n) is 7.09. The molecule has 8 heteroatoms. The van der Waals surface area contributed by atoms with E-state index in [0.29, 0.717) is 30.6 Å². The molecule has 4 rings (SSSR count). The van der Waals surface area contributed by atoms with Crippen molar-refractivity contribution >= 4 is 32.6 Å². The van der Waals surface area contributed by atoms with Crippen molar-refractivity contribution in [3.05, 3.63) is 72.6 Å². The van der Waals surface area contributed by atoms with E-state index in [-0.39, 0.29) is 12.5 Å². The summed E-state index contributed by atoms with van der Waals surface area (Å²) in [5.41, 5.74) is 1.72. The first kappa shape index (κ1) is 22.5. The minimum Gasteiger partial charge on any atom is -0.494 e. The highest BCUT2D eigenvalue weighted by Crippen LogP contribution is 2.32. The smallest absolute Gasteiger partial charge is 0.267 e. The second kappa shape index (κ2) is 10.8. The zero-order chi connectivity index (χ0) is 23.0. The third kappa shape index (κ3) is 5.78. The minimum absolute atomic E-state index is 0.117. The molecule has 33 heavy (non-hydrogen) atoms. The van der Waals surface area contributed by atoms with E-state index in [4.69, 9.17) is 19.2 Å². The largest absolute Gasteiger partial charge is 0.494 e. The van der Waals surface area contributed by atoms with Crippen molar-refractivity contribution in [3.63, 3.8) is 0 Å². The van der Waals surface area contributed by atoms with E-state index in [1.807, 2.05) is 56.3 Å². The van der Waals surface area contributed by atoms with Gasteiger partial charge in [0.1, 0.15) is 17.2 Å². The van der Waals surface area contributed by atoms with Crippen LogP contribution in [0.15, 0.2) is 67.0 Å². The van der Waals surface area contributed by atoms with Gasteiger partial charge in [-0.2, -0.15) is 0 Å². The van der Waals surface area contributed by atoms with Gasteiger partial charge in [0, 0.05) is 12.4 Å². The van der Waals surface area contributed by atoms with Crippen LogP contribution in [0.4, 0.5) is 5.13 Å². The molecule has 0 fully saturated rings. The summed E-state index contributed by atoms with van der Waals surface area (Å²) in [5.74, 6) is 1.94. The van der Waals surface area contributed by atoms with Crippen LogP contribution in [0.5, 0.6) is 17.2 Å². The number of nitrogens with zero attached hydrogens (tertiary/aromatic N) is 3. The number of benzene rings is 2. The van der Waals surface area contributed by atoms with Crippen LogP contribution in [0, 0.1) is 0 Å². The molecule has 2 heterocycles. The molecule has 4 aromatic rings. The van der Waals surface area contributed by atoms with E-state index >= 15 is 0 Å². The number of ether oxygens (including phenoxy) is 3. The van der Waals surface area contributed by atoms with E-state index in [2.05, 4.69) is 4.98 Å². The van der Waals surface area contributed by atoms with Gasteiger partial charge in [-0.15, -0.1) is 0 Å². The number of thiazole rings is 1. The first-order chi connectivity index (χ1) is 16.2. The maximum absolute atomic E-state index is 13.2. The molecule has 0 radical (unpaired) electrons. The number of aromatic nitrogens is 2. The molecule has 0 aliphatic carbocycles. The van der Waals surface area contributed by atoms with Crippen LogP contribution in [0.1, 0.15) is 19.4 Å². The molecule has 0 spiro atoms. The number of amides is 1. The van der Waals surface area contributed by atoms with Gasteiger partial charge in [0.25, 0.3) is 5.91 Å². The maximum atomic E-state index is 13.2. The molecule has 2 aromatic heterocycles. The monoisotopic (exact) mass is 463 g/mol. The van der Waals surface area contributed by atoms with Crippen LogP contribution in [-0.4, -0.2) is 35.7 Å². The Labute approximate surface area is 196 Å².